The van der Waals surface area contributed by atoms with Gasteiger partial charge in [0.15, 0.2) is 0 Å². The van der Waals surface area contributed by atoms with E-state index in [4.69, 9.17) is 4.74 Å². The SMILES string of the molecule is CCOc1ccccc1NC(=O)c1ccn[nH]1. The minimum absolute atomic E-state index is 0.241. The van der Waals surface area contributed by atoms with Crippen molar-refractivity contribution in [1.82, 2.24) is 10.2 Å². The van der Waals surface area contributed by atoms with Crippen LogP contribution in [0.3, 0.4) is 0 Å². The normalized spacial score (nSPS) is 9.94. The lowest BCUT2D eigenvalue weighted by atomic mass is 10.3. The molecule has 17 heavy (non-hydrogen) atoms. The van der Waals surface area contributed by atoms with Crippen molar-refractivity contribution in [2.24, 2.45) is 0 Å². The third kappa shape index (κ3) is 2.63. The highest BCUT2D eigenvalue weighted by molar-refractivity contribution is 6.03. The first-order valence-corrected chi connectivity index (χ1v) is 5.34. The standard InChI is InChI=1S/C12H13N3O2/c1-2-17-11-6-4-3-5-9(11)14-12(16)10-7-8-13-15-10/h3-8H,2H2,1H3,(H,13,15)(H,14,16). The Morgan fingerprint density at radius 1 is 1.41 bits per heavy atom. The highest BCUT2D eigenvalue weighted by Gasteiger charge is 2.09. The van der Waals surface area contributed by atoms with Crippen LogP contribution in [0.25, 0.3) is 0 Å². The van der Waals surface area contributed by atoms with Crippen molar-refractivity contribution in [2.45, 2.75) is 6.92 Å². The maximum Gasteiger partial charge on any atom is 0.273 e. The predicted octanol–water partition coefficient (Wildman–Crippen LogP) is 2.06. The van der Waals surface area contributed by atoms with Crippen LogP contribution in [0.5, 0.6) is 5.75 Å². The second-order valence-corrected chi connectivity index (χ2v) is 3.35. The lowest BCUT2D eigenvalue weighted by molar-refractivity contribution is 0.102. The van der Waals surface area contributed by atoms with Crippen LogP contribution in [-0.4, -0.2) is 22.7 Å². The van der Waals surface area contributed by atoms with E-state index in [1.54, 1.807) is 12.1 Å². The molecule has 2 aromatic rings. The van der Waals surface area contributed by atoms with Gasteiger partial charge in [0.25, 0.3) is 5.91 Å². The van der Waals surface area contributed by atoms with Gasteiger partial charge in [-0.15, -0.1) is 0 Å². The summed E-state index contributed by atoms with van der Waals surface area (Å²) in [6.45, 7) is 2.45. The van der Waals surface area contributed by atoms with Gasteiger partial charge in [0.2, 0.25) is 0 Å². The Balaban J connectivity index is 2.15. The predicted molar refractivity (Wildman–Crippen MR) is 64.2 cm³/mol. The molecule has 0 spiro atoms. The van der Waals surface area contributed by atoms with Crippen LogP contribution in [0.15, 0.2) is 36.5 Å². The number of para-hydroxylation sites is 2. The van der Waals surface area contributed by atoms with Crippen molar-refractivity contribution in [3.05, 3.63) is 42.2 Å². The summed E-state index contributed by atoms with van der Waals surface area (Å²) in [7, 11) is 0. The lowest BCUT2D eigenvalue weighted by Gasteiger charge is -2.10. The van der Waals surface area contributed by atoms with E-state index in [0.29, 0.717) is 23.7 Å². The van der Waals surface area contributed by atoms with Crippen LogP contribution >= 0.6 is 0 Å². The first-order chi connectivity index (χ1) is 8.31. The number of hydrogen-bond donors (Lipinski definition) is 2. The topological polar surface area (TPSA) is 67.0 Å². The molecule has 0 atom stereocenters. The smallest absolute Gasteiger partial charge is 0.273 e. The molecule has 0 aliphatic rings. The number of benzene rings is 1. The zero-order chi connectivity index (χ0) is 12.1. The summed E-state index contributed by atoms with van der Waals surface area (Å²) in [4.78, 5) is 11.8. The van der Waals surface area contributed by atoms with Gasteiger partial charge in [-0.2, -0.15) is 5.10 Å². The molecule has 0 unspecified atom stereocenters. The van der Waals surface area contributed by atoms with Crippen molar-refractivity contribution in [3.8, 4) is 5.75 Å². The largest absolute Gasteiger partial charge is 0.492 e. The highest BCUT2D eigenvalue weighted by atomic mass is 16.5. The third-order valence-corrected chi connectivity index (χ3v) is 2.18. The van der Waals surface area contributed by atoms with Gasteiger partial charge in [0.05, 0.1) is 12.3 Å². The molecular weight excluding hydrogens is 218 g/mol. The fraction of sp³-hybridized carbons (Fsp3) is 0.167. The molecule has 0 saturated heterocycles. The fourth-order valence-corrected chi connectivity index (χ4v) is 1.42. The van der Waals surface area contributed by atoms with E-state index in [9.17, 15) is 4.79 Å². The number of nitrogens with zero attached hydrogens (tertiary/aromatic N) is 1. The number of ether oxygens (including phenoxy) is 1. The number of aromatic amines is 1. The molecule has 5 heteroatoms. The average molecular weight is 231 g/mol. The van der Waals surface area contributed by atoms with Gasteiger partial charge >= 0.3 is 0 Å². The van der Waals surface area contributed by atoms with Crippen molar-refractivity contribution in [1.29, 1.82) is 0 Å². The number of aromatic nitrogens is 2. The molecule has 1 amide bonds. The Kier molecular flexibility index (Phi) is 3.40. The summed E-state index contributed by atoms with van der Waals surface area (Å²) >= 11 is 0. The van der Waals surface area contributed by atoms with Crippen LogP contribution in [-0.2, 0) is 0 Å². The summed E-state index contributed by atoms with van der Waals surface area (Å²) in [5.74, 6) is 0.414. The number of carbonyl (C=O) groups is 1. The van der Waals surface area contributed by atoms with Crippen molar-refractivity contribution in [2.75, 3.05) is 11.9 Å². The second-order valence-electron chi connectivity index (χ2n) is 3.35. The Labute approximate surface area is 98.8 Å². The molecule has 2 N–H and O–H groups in total. The van der Waals surface area contributed by atoms with Gasteiger partial charge in [0.1, 0.15) is 11.4 Å². The molecule has 0 aliphatic heterocycles. The number of anilines is 1. The summed E-state index contributed by atoms with van der Waals surface area (Å²) < 4.78 is 5.41. The minimum atomic E-state index is -0.241. The summed E-state index contributed by atoms with van der Waals surface area (Å²) in [5, 5.41) is 9.09. The van der Waals surface area contributed by atoms with Crippen molar-refractivity contribution in [3.63, 3.8) is 0 Å². The van der Waals surface area contributed by atoms with Gasteiger partial charge in [-0.05, 0) is 25.1 Å². The Hall–Kier alpha value is -2.30. The molecule has 0 aliphatic carbocycles. The molecule has 0 fully saturated rings. The van der Waals surface area contributed by atoms with Crippen molar-refractivity contribution >= 4 is 11.6 Å². The van der Waals surface area contributed by atoms with Crippen LogP contribution in [0.4, 0.5) is 5.69 Å². The van der Waals surface area contributed by atoms with Gasteiger partial charge < -0.3 is 10.1 Å². The zero-order valence-electron chi connectivity index (χ0n) is 9.43. The molecule has 1 aromatic carbocycles. The van der Waals surface area contributed by atoms with Crippen LogP contribution in [0, 0.1) is 0 Å². The number of nitrogens with one attached hydrogen (secondary N) is 2. The lowest BCUT2D eigenvalue weighted by Crippen LogP contribution is -2.13. The van der Waals surface area contributed by atoms with E-state index in [1.165, 1.54) is 6.20 Å². The maximum atomic E-state index is 11.8. The first-order valence-electron chi connectivity index (χ1n) is 5.34. The van der Waals surface area contributed by atoms with Gasteiger partial charge in [-0.25, -0.2) is 0 Å². The number of H-pyrrole nitrogens is 1. The monoisotopic (exact) mass is 231 g/mol. The molecule has 5 nitrogen and oxygen atoms in total. The maximum absolute atomic E-state index is 11.8. The minimum Gasteiger partial charge on any atom is -0.492 e. The summed E-state index contributed by atoms with van der Waals surface area (Å²) in [6.07, 6.45) is 1.53. The van der Waals surface area contributed by atoms with E-state index < -0.39 is 0 Å². The number of rotatable bonds is 4. The van der Waals surface area contributed by atoms with E-state index in [2.05, 4.69) is 15.5 Å². The number of carbonyl (C=O) groups excluding carboxylic acids is 1. The van der Waals surface area contributed by atoms with Crippen molar-refractivity contribution < 1.29 is 9.53 Å². The molecule has 1 heterocycles. The molecule has 0 radical (unpaired) electrons. The Morgan fingerprint density at radius 2 is 2.24 bits per heavy atom. The van der Waals surface area contributed by atoms with E-state index in [1.807, 2.05) is 25.1 Å². The average Bonchev–Trinajstić information content (AvgIpc) is 2.85. The quantitative estimate of drug-likeness (QED) is 0.846. The number of amides is 1. The second kappa shape index (κ2) is 5.16. The van der Waals surface area contributed by atoms with Crippen LogP contribution in [0.1, 0.15) is 17.4 Å². The first kappa shape index (κ1) is 11.2. The van der Waals surface area contributed by atoms with E-state index in [-0.39, 0.29) is 5.91 Å². The zero-order valence-corrected chi connectivity index (χ0v) is 9.43. The highest BCUT2D eigenvalue weighted by Crippen LogP contribution is 2.23. The van der Waals surface area contributed by atoms with E-state index in [0.717, 1.165) is 0 Å². The van der Waals surface area contributed by atoms with Crippen LogP contribution < -0.4 is 10.1 Å². The fourth-order valence-electron chi connectivity index (χ4n) is 1.42. The van der Waals surface area contributed by atoms with Gasteiger partial charge in [0, 0.05) is 6.20 Å². The molecule has 2 rings (SSSR count). The van der Waals surface area contributed by atoms with Gasteiger partial charge in [-0.1, -0.05) is 12.1 Å². The summed E-state index contributed by atoms with van der Waals surface area (Å²) in [5.41, 5.74) is 1.06. The van der Waals surface area contributed by atoms with Gasteiger partial charge in [-0.3, -0.25) is 9.89 Å². The Bertz CT molecular complexity index is 494. The molecule has 1 aromatic heterocycles. The summed E-state index contributed by atoms with van der Waals surface area (Å²) in [6, 6.07) is 8.91. The molecule has 88 valence electrons. The molecule has 0 saturated carbocycles. The van der Waals surface area contributed by atoms with E-state index >= 15 is 0 Å². The molecular formula is C12H13N3O2. The third-order valence-electron chi connectivity index (χ3n) is 2.18. The number of hydrogen-bond acceptors (Lipinski definition) is 3. The van der Waals surface area contributed by atoms with Crippen LogP contribution in [0.2, 0.25) is 0 Å². The molecule has 0 bridgehead atoms. The Morgan fingerprint density at radius 3 is 2.94 bits per heavy atom.